The van der Waals surface area contributed by atoms with E-state index in [0.717, 1.165) is 93.6 Å². The van der Waals surface area contributed by atoms with Gasteiger partial charge in [0, 0.05) is 56.9 Å². The highest BCUT2D eigenvalue weighted by molar-refractivity contribution is 5.91. The Morgan fingerprint density at radius 1 is 1.00 bits per heavy atom. The number of carbonyl (C=O) groups excluding carboxylic acids is 3. The molecule has 2 aliphatic rings. The Kier molecular flexibility index (Phi) is 10.1. The van der Waals surface area contributed by atoms with Crippen molar-refractivity contribution in [1.82, 2.24) is 14.7 Å². The Labute approximate surface area is 231 Å². The lowest BCUT2D eigenvalue weighted by Crippen LogP contribution is -2.42. The predicted molar refractivity (Wildman–Crippen MR) is 153 cm³/mol. The van der Waals surface area contributed by atoms with Gasteiger partial charge >= 0.3 is 6.09 Å². The van der Waals surface area contributed by atoms with Gasteiger partial charge in [-0.15, -0.1) is 0 Å². The molecule has 0 bridgehead atoms. The number of hydrogen-bond acceptors (Lipinski definition) is 6. The topological polar surface area (TPSA) is 82.2 Å². The van der Waals surface area contributed by atoms with Gasteiger partial charge in [-0.25, -0.2) is 4.79 Å². The van der Waals surface area contributed by atoms with Gasteiger partial charge in [0.15, 0.2) is 0 Å². The van der Waals surface area contributed by atoms with E-state index in [1.165, 1.54) is 4.90 Å². The molecule has 0 aliphatic carbocycles. The Morgan fingerprint density at radius 3 is 2.36 bits per heavy atom. The lowest BCUT2D eigenvalue weighted by molar-refractivity contribution is -0.137. The van der Waals surface area contributed by atoms with Gasteiger partial charge in [0.25, 0.3) is 0 Å². The number of likely N-dealkylation sites (N-methyl/N-ethyl adjacent to an activating group) is 1. The maximum Gasteiger partial charge on any atom is 0.411 e. The molecule has 8 nitrogen and oxygen atoms in total. The molecule has 208 valence electrons. The smallest absolute Gasteiger partial charge is 0.411 e. The third-order valence-electron chi connectivity index (χ3n) is 7.79. The summed E-state index contributed by atoms with van der Waals surface area (Å²) >= 11 is 0. The zero-order valence-corrected chi connectivity index (χ0v) is 22.9. The summed E-state index contributed by atoms with van der Waals surface area (Å²) in [6.07, 6.45) is 4.34. The number of likely N-dealkylation sites (tertiary alicyclic amines) is 2. The molecule has 2 fully saturated rings. The molecule has 2 aromatic rings. The third-order valence-corrected chi connectivity index (χ3v) is 7.79. The molecule has 2 heterocycles. The average Bonchev–Trinajstić information content (AvgIpc) is 2.97. The van der Waals surface area contributed by atoms with Crippen LogP contribution in [-0.2, 0) is 14.3 Å². The summed E-state index contributed by atoms with van der Waals surface area (Å²) in [4.78, 5) is 42.0. The van der Waals surface area contributed by atoms with Crippen molar-refractivity contribution in [3.05, 3.63) is 66.9 Å². The molecule has 2 aromatic carbocycles. The van der Waals surface area contributed by atoms with Gasteiger partial charge < -0.3 is 24.2 Å². The number of para-hydroxylation sites is 1. The first-order chi connectivity index (χ1) is 18.9. The Bertz CT molecular complexity index is 1120. The monoisotopic (exact) mass is 532 g/mol. The second kappa shape index (κ2) is 13.9. The SMILES string of the molecule is C=C(CCN1CCC(OC(=O)Nc2ccccc2-c2ccccc2)CC1)N1CCC(C(=O)N(C)CC=O)CC1. The normalized spacial score (nSPS) is 16.9. The molecule has 2 amide bonds. The van der Waals surface area contributed by atoms with E-state index in [1.54, 1.807) is 7.05 Å². The van der Waals surface area contributed by atoms with Gasteiger partial charge in [-0.2, -0.15) is 0 Å². The van der Waals surface area contributed by atoms with Crippen molar-refractivity contribution in [3.8, 4) is 11.1 Å². The molecular formula is C31H40N4O4. The van der Waals surface area contributed by atoms with Crippen LogP contribution in [0.2, 0.25) is 0 Å². The average molecular weight is 533 g/mol. The van der Waals surface area contributed by atoms with Crippen LogP contribution in [0.4, 0.5) is 10.5 Å². The number of nitrogens with zero attached hydrogens (tertiary/aromatic N) is 3. The third kappa shape index (κ3) is 7.93. The zero-order valence-electron chi connectivity index (χ0n) is 22.9. The predicted octanol–water partition coefficient (Wildman–Crippen LogP) is 4.64. The fraction of sp³-hybridized carbons (Fsp3) is 0.452. The number of ether oxygens (including phenoxy) is 1. The van der Waals surface area contributed by atoms with E-state index in [1.807, 2.05) is 54.6 Å². The minimum Gasteiger partial charge on any atom is -0.446 e. The molecule has 0 aromatic heterocycles. The number of amides is 2. The van der Waals surface area contributed by atoms with Crippen LogP contribution in [0.1, 0.15) is 32.1 Å². The Hall–Kier alpha value is -3.65. The maximum atomic E-state index is 12.7. The van der Waals surface area contributed by atoms with E-state index in [9.17, 15) is 14.4 Å². The first kappa shape index (κ1) is 28.4. The molecular weight excluding hydrogens is 492 g/mol. The number of nitrogens with one attached hydrogen (secondary N) is 1. The van der Waals surface area contributed by atoms with Crippen LogP contribution in [0.3, 0.4) is 0 Å². The fourth-order valence-corrected chi connectivity index (χ4v) is 5.40. The number of rotatable bonds is 10. The van der Waals surface area contributed by atoms with Crippen LogP contribution in [-0.4, -0.2) is 85.4 Å². The van der Waals surface area contributed by atoms with Gasteiger partial charge in [-0.3, -0.25) is 10.1 Å². The van der Waals surface area contributed by atoms with Crippen LogP contribution < -0.4 is 5.32 Å². The molecule has 2 aliphatic heterocycles. The maximum absolute atomic E-state index is 12.7. The molecule has 0 radical (unpaired) electrons. The number of piperidine rings is 2. The van der Waals surface area contributed by atoms with Crippen molar-refractivity contribution in [3.63, 3.8) is 0 Å². The number of benzene rings is 2. The highest BCUT2D eigenvalue weighted by Gasteiger charge is 2.28. The van der Waals surface area contributed by atoms with Crippen LogP contribution >= 0.6 is 0 Å². The van der Waals surface area contributed by atoms with Gasteiger partial charge in [-0.1, -0.05) is 55.1 Å². The minimum absolute atomic E-state index is 0.0120. The number of hydrogen-bond donors (Lipinski definition) is 1. The van der Waals surface area contributed by atoms with Crippen LogP contribution in [0.15, 0.2) is 66.9 Å². The van der Waals surface area contributed by atoms with E-state index in [2.05, 4.69) is 21.7 Å². The van der Waals surface area contributed by atoms with Crippen molar-refractivity contribution in [2.45, 2.75) is 38.2 Å². The van der Waals surface area contributed by atoms with E-state index >= 15 is 0 Å². The summed E-state index contributed by atoms with van der Waals surface area (Å²) in [7, 11) is 1.69. The summed E-state index contributed by atoms with van der Waals surface area (Å²) in [5.74, 6) is 0.0496. The molecule has 0 atom stereocenters. The first-order valence-electron chi connectivity index (χ1n) is 13.9. The summed E-state index contributed by atoms with van der Waals surface area (Å²) in [6, 6.07) is 17.7. The Balaban J connectivity index is 1.15. The fourth-order valence-electron chi connectivity index (χ4n) is 5.40. The number of aldehydes is 1. The molecule has 0 saturated carbocycles. The second-order valence-electron chi connectivity index (χ2n) is 10.4. The molecule has 2 saturated heterocycles. The highest BCUT2D eigenvalue weighted by atomic mass is 16.6. The first-order valence-corrected chi connectivity index (χ1v) is 13.9. The van der Waals surface area contributed by atoms with Gasteiger partial charge in [0.1, 0.15) is 12.4 Å². The van der Waals surface area contributed by atoms with Crippen molar-refractivity contribution in [1.29, 1.82) is 0 Å². The largest absolute Gasteiger partial charge is 0.446 e. The molecule has 39 heavy (non-hydrogen) atoms. The molecule has 8 heteroatoms. The van der Waals surface area contributed by atoms with Crippen molar-refractivity contribution < 1.29 is 19.1 Å². The molecule has 0 unspecified atom stereocenters. The van der Waals surface area contributed by atoms with E-state index in [-0.39, 0.29) is 24.5 Å². The molecule has 4 rings (SSSR count). The summed E-state index contributed by atoms with van der Waals surface area (Å²) in [5, 5.41) is 2.94. The Morgan fingerprint density at radius 2 is 1.67 bits per heavy atom. The van der Waals surface area contributed by atoms with Gasteiger partial charge in [-0.05, 0) is 43.7 Å². The van der Waals surface area contributed by atoms with E-state index < -0.39 is 6.09 Å². The van der Waals surface area contributed by atoms with Crippen molar-refractivity contribution in [2.75, 3.05) is 51.6 Å². The summed E-state index contributed by atoms with van der Waals surface area (Å²) in [5.41, 5.74) is 3.86. The zero-order chi connectivity index (χ0) is 27.6. The lowest BCUT2D eigenvalue weighted by Gasteiger charge is -2.36. The lowest BCUT2D eigenvalue weighted by atomic mass is 9.95. The van der Waals surface area contributed by atoms with Crippen molar-refractivity contribution >= 4 is 24.0 Å². The number of carbonyl (C=O) groups is 3. The van der Waals surface area contributed by atoms with Gasteiger partial charge in [0.2, 0.25) is 5.91 Å². The van der Waals surface area contributed by atoms with E-state index in [0.29, 0.717) is 0 Å². The number of anilines is 1. The highest BCUT2D eigenvalue weighted by Crippen LogP contribution is 2.28. The van der Waals surface area contributed by atoms with Crippen molar-refractivity contribution in [2.24, 2.45) is 5.92 Å². The molecule has 0 spiro atoms. The van der Waals surface area contributed by atoms with Gasteiger partial charge in [0.05, 0.1) is 12.2 Å². The van der Waals surface area contributed by atoms with Crippen LogP contribution in [0.25, 0.3) is 11.1 Å². The van der Waals surface area contributed by atoms with Crippen LogP contribution in [0.5, 0.6) is 0 Å². The minimum atomic E-state index is -0.413. The standard InChI is InChI=1S/C31H40N4O4/c1-24(35-20-13-26(14-21-35)30(37)33(2)22-23-36)12-17-34-18-15-27(16-19-34)39-31(38)32-29-11-7-6-10-28(29)25-8-4-3-5-9-25/h3-11,23,26-27H,1,12-22H2,2H3,(H,32,38). The molecule has 1 N–H and O–H groups in total. The summed E-state index contributed by atoms with van der Waals surface area (Å²) in [6.45, 7) is 8.78. The van der Waals surface area contributed by atoms with E-state index in [4.69, 9.17) is 4.74 Å². The quantitative estimate of drug-likeness (QED) is 0.449. The second-order valence-corrected chi connectivity index (χ2v) is 10.4. The summed E-state index contributed by atoms with van der Waals surface area (Å²) < 4.78 is 5.76. The van der Waals surface area contributed by atoms with Crippen LogP contribution in [0, 0.1) is 5.92 Å².